The summed E-state index contributed by atoms with van der Waals surface area (Å²) >= 11 is 1.52. The quantitative estimate of drug-likeness (QED) is 0.736. The molecule has 5 nitrogen and oxygen atoms in total. The van der Waals surface area contributed by atoms with E-state index < -0.39 is 12.0 Å². The lowest BCUT2D eigenvalue weighted by atomic mass is 10.1. The number of thioether (sulfide) groups is 1. The van der Waals surface area contributed by atoms with Crippen LogP contribution in [0.4, 0.5) is 0 Å². The minimum atomic E-state index is -0.885. The first-order valence-electron chi connectivity index (χ1n) is 5.39. The van der Waals surface area contributed by atoms with Gasteiger partial charge in [-0.3, -0.25) is 4.79 Å². The summed E-state index contributed by atoms with van der Waals surface area (Å²) in [5.41, 5.74) is 0. The second-order valence-electron chi connectivity index (χ2n) is 4.41. The van der Waals surface area contributed by atoms with Crippen LogP contribution < -0.4 is 0 Å². The number of amides is 1. The van der Waals surface area contributed by atoms with E-state index in [4.69, 9.17) is 5.11 Å². The maximum Gasteiger partial charge on any atom is 0.327 e. The molecular formula is C10H16N2O3S. The van der Waals surface area contributed by atoms with Gasteiger partial charge in [0.25, 0.3) is 0 Å². The van der Waals surface area contributed by atoms with Crippen LogP contribution in [0.5, 0.6) is 0 Å². The van der Waals surface area contributed by atoms with E-state index in [-0.39, 0.29) is 11.8 Å². The van der Waals surface area contributed by atoms with Gasteiger partial charge in [-0.05, 0) is 20.0 Å². The highest BCUT2D eigenvalue weighted by Gasteiger charge is 2.39. The lowest BCUT2D eigenvalue weighted by molar-refractivity contribution is -0.149. The van der Waals surface area contributed by atoms with Gasteiger partial charge in [-0.1, -0.05) is 0 Å². The molecule has 0 aromatic heterocycles. The molecule has 16 heavy (non-hydrogen) atoms. The fourth-order valence-electron chi connectivity index (χ4n) is 2.24. The Morgan fingerprint density at radius 3 is 2.75 bits per heavy atom. The number of carbonyl (C=O) groups excluding carboxylic acids is 1. The molecule has 0 aliphatic carbocycles. The second-order valence-corrected chi connectivity index (χ2v) is 5.41. The predicted molar refractivity (Wildman–Crippen MR) is 61.2 cm³/mol. The first-order valence-corrected chi connectivity index (χ1v) is 6.54. The van der Waals surface area contributed by atoms with Crippen LogP contribution >= 0.6 is 11.8 Å². The van der Waals surface area contributed by atoms with Gasteiger partial charge in [0.2, 0.25) is 5.91 Å². The number of rotatable bonds is 2. The summed E-state index contributed by atoms with van der Waals surface area (Å²) < 4.78 is 0. The molecule has 2 heterocycles. The molecule has 0 aromatic carbocycles. The highest BCUT2D eigenvalue weighted by atomic mass is 32.2. The number of hydrogen-bond acceptors (Lipinski definition) is 4. The Balaban J connectivity index is 2.01. The maximum atomic E-state index is 12.1. The summed E-state index contributed by atoms with van der Waals surface area (Å²) in [5.74, 6) is 0.164. The van der Waals surface area contributed by atoms with Crippen LogP contribution in [0.3, 0.4) is 0 Å². The first kappa shape index (κ1) is 11.7. The number of nitrogens with zero attached hydrogens (tertiary/aromatic N) is 2. The van der Waals surface area contributed by atoms with Crippen molar-refractivity contribution in [2.75, 3.05) is 31.8 Å². The van der Waals surface area contributed by atoms with Gasteiger partial charge in [0.05, 0.1) is 11.8 Å². The van der Waals surface area contributed by atoms with Crippen molar-refractivity contribution in [1.82, 2.24) is 9.80 Å². The average Bonchev–Trinajstić information content (AvgIpc) is 2.84. The minimum Gasteiger partial charge on any atom is -0.480 e. The van der Waals surface area contributed by atoms with E-state index in [2.05, 4.69) is 4.90 Å². The molecular weight excluding hydrogens is 228 g/mol. The van der Waals surface area contributed by atoms with Gasteiger partial charge in [0, 0.05) is 12.3 Å². The molecule has 2 unspecified atom stereocenters. The molecule has 0 aromatic rings. The van der Waals surface area contributed by atoms with Gasteiger partial charge in [-0.15, -0.1) is 11.8 Å². The Labute approximate surface area is 98.8 Å². The number of carboxylic acids is 1. The van der Waals surface area contributed by atoms with Crippen LogP contribution in [0.1, 0.15) is 6.42 Å². The predicted octanol–water partition coefficient (Wildman–Crippen LogP) is -0.0758. The van der Waals surface area contributed by atoms with Crippen LogP contribution in [-0.2, 0) is 9.59 Å². The number of aliphatic carboxylic acids is 1. The number of carbonyl (C=O) groups is 2. The molecule has 2 rings (SSSR count). The highest BCUT2D eigenvalue weighted by Crippen LogP contribution is 2.26. The van der Waals surface area contributed by atoms with Crippen molar-refractivity contribution in [3.8, 4) is 0 Å². The molecule has 2 atom stereocenters. The van der Waals surface area contributed by atoms with Crippen LogP contribution in [-0.4, -0.2) is 64.6 Å². The van der Waals surface area contributed by atoms with Gasteiger partial charge in [0.1, 0.15) is 6.04 Å². The summed E-state index contributed by atoms with van der Waals surface area (Å²) in [6, 6.07) is -0.622. The van der Waals surface area contributed by atoms with E-state index in [1.807, 2.05) is 7.05 Å². The zero-order valence-corrected chi connectivity index (χ0v) is 10.1. The van der Waals surface area contributed by atoms with Crippen LogP contribution in [0.25, 0.3) is 0 Å². The molecule has 2 aliphatic heterocycles. The smallest absolute Gasteiger partial charge is 0.327 e. The van der Waals surface area contributed by atoms with Crippen molar-refractivity contribution in [2.24, 2.45) is 5.92 Å². The average molecular weight is 244 g/mol. The van der Waals surface area contributed by atoms with Crippen molar-refractivity contribution in [1.29, 1.82) is 0 Å². The molecule has 0 bridgehead atoms. The third kappa shape index (κ3) is 2.17. The molecule has 1 N–H and O–H groups in total. The maximum absolute atomic E-state index is 12.1. The van der Waals surface area contributed by atoms with E-state index in [9.17, 15) is 9.59 Å². The van der Waals surface area contributed by atoms with Gasteiger partial charge in [-0.25, -0.2) is 4.79 Å². The van der Waals surface area contributed by atoms with Gasteiger partial charge in [0.15, 0.2) is 0 Å². The van der Waals surface area contributed by atoms with Crippen molar-refractivity contribution in [3.63, 3.8) is 0 Å². The third-order valence-corrected chi connectivity index (χ3v) is 4.20. The van der Waals surface area contributed by atoms with Crippen molar-refractivity contribution >= 4 is 23.6 Å². The first-order chi connectivity index (χ1) is 7.59. The lowest BCUT2D eigenvalue weighted by Crippen LogP contribution is -2.45. The van der Waals surface area contributed by atoms with Crippen molar-refractivity contribution in [3.05, 3.63) is 0 Å². The summed E-state index contributed by atoms with van der Waals surface area (Å²) in [7, 11) is 1.99. The molecule has 0 spiro atoms. The Morgan fingerprint density at radius 1 is 1.44 bits per heavy atom. The SMILES string of the molecule is CN1CCC(C(=O)N2CSCC2C(=O)O)C1. The van der Waals surface area contributed by atoms with E-state index >= 15 is 0 Å². The van der Waals surface area contributed by atoms with Gasteiger partial charge < -0.3 is 14.9 Å². The minimum absolute atomic E-state index is 0.00875. The fraction of sp³-hybridized carbons (Fsp3) is 0.800. The number of likely N-dealkylation sites (tertiary alicyclic amines) is 1. The van der Waals surface area contributed by atoms with Gasteiger partial charge >= 0.3 is 5.97 Å². The van der Waals surface area contributed by atoms with Crippen molar-refractivity contribution < 1.29 is 14.7 Å². The Kier molecular flexibility index (Phi) is 3.39. The topological polar surface area (TPSA) is 60.9 Å². The molecule has 90 valence electrons. The summed E-state index contributed by atoms with van der Waals surface area (Å²) in [4.78, 5) is 26.7. The second kappa shape index (κ2) is 4.63. The van der Waals surface area contributed by atoms with E-state index in [1.165, 1.54) is 16.7 Å². The van der Waals surface area contributed by atoms with Crippen molar-refractivity contribution in [2.45, 2.75) is 12.5 Å². The molecule has 0 radical (unpaired) electrons. The lowest BCUT2D eigenvalue weighted by Gasteiger charge is -2.23. The molecule has 2 saturated heterocycles. The van der Waals surface area contributed by atoms with Crippen LogP contribution in [0.2, 0.25) is 0 Å². The number of carboxylic acid groups (broad SMARTS) is 1. The van der Waals surface area contributed by atoms with E-state index in [0.717, 1.165) is 19.5 Å². The zero-order chi connectivity index (χ0) is 11.7. The highest BCUT2D eigenvalue weighted by molar-refractivity contribution is 7.99. The van der Waals surface area contributed by atoms with Crippen LogP contribution in [0, 0.1) is 5.92 Å². The Morgan fingerprint density at radius 2 is 2.19 bits per heavy atom. The Hall–Kier alpha value is -0.750. The standard InChI is InChI=1S/C10H16N2O3S/c1-11-3-2-7(4-11)9(13)12-6-16-5-8(12)10(14)15/h7-8H,2-6H2,1H3,(H,14,15). The largest absolute Gasteiger partial charge is 0.480 e. The van der Waals surface area contributed by atoms with Gasteiger partial charge in [-0.2, -0.15) is 0 Å². The zero-order valence-electron chi connectivity index (χ0n) is 9.26. The van der Waals surface area contributed by atoms with E-state index in [0.29, 0.717) is 11.6 Å². The normalized spacial score (nSPS) is 30.9. The van der Waals surface area contributed by atoms with Crippen LogP contribution in [0.15, 0.2) is 0 Å². The third-order valence-electron chi connectivity index (χ3n) is 3.19. The summed E-state index contributed by atoms with van der Waals surface area (Å²) in [6.07, 6.45) is 0.850. The summed E-state index contributed by atoms with van der Waals surface area (Å²) in [6.45, 7) is 1.68. The monoisotopic (exact) mass is 244 g/mol. The Bertz CT molecular complexity index is 310. The number of hydrogen-bond donors (Lipinski definition) is 1. The fourth-order valence-corrected chi connectivity index (χ4v) is 3.39. The molecule has 6 heteroatoms. The molecule has 1 amide bonds. The molecule has 2 fully saturated rings. The molecule has 2 aliphatic rings. The molecule has 0 saturated carbocycles. The van der Waals surface area contributed by atoms with E-state index in [1.54, 1.807) is 0 Å². The summed E-state index contributed by atoms with van der Waals surface area (Å²) in [5, 5.41) is 9.01.